The van der Waals surface area contributed by atoms with Gasteiger partial charge in [-0.2, -0.15) is 0 Å². The molecule has 0 unspecified atom stereocenters. The number of amides is 1. The van der Waals surface area contributed by atoms with Crippen LogP contribution in [0.5, 0.6) is 0 Å². The van der Waals surface area contributed by atoms with E-state index in [1.165, 1.54) is 0 Å². The Hall–Kier alpha value is -0.900. The second-order valence-electron chi connectivity index (χ2n) is 3.85. The van der Waals surface area contributed by atoms with Gasteiger partial charge in [-0.15, -0.1) is 0 Å². The van der Waals surface area contributed by atoms with Crippen LogP contribution < -0.4 is 5.32 Å². The molecule has 0 aliphatic rings. The SMILES string of the molecule is CCNC(=O)CN(C)CCCCC(C)=O. The first-order valence-corrected chi connectivity index (χ1v) is 5.51. The Morgan fingerprint density at radius 3 is 2.47 bits per heavy atom. The van der Waals surface area contributed by atoms with Crippen molar-refractivity contribution in [1.82, 2.24) is 10.2 Å². The van der Waals surface area contributed by atoms with E-state index in [0.29, 0.717) is 19.5 Å². The van der Waals surface area contributed by atoms with E-state index in [1.54, 1.807) is 6.92 Å². The van der Waals surface area contributed by atoms with E-state index < -0.39 is 0 Å². The predicted octanol–water partition coefficient (Wildman–Crippen LogP) is 0.814. The molecule has 0 heterocycles. The predicted molar refractivity (Wildman–Crippen MR) is 60.7 cm³/mol. The molecule has 0 spiro atoms. The summed E-state index contributed by atoms with van der Waals surface area (Å²) in [4.78, 5) is 23.8. The van der Waals surface area contributed by atoms with Crippen LogP contribution in [0.3, 0.4) is 0 Å². The molecule has 88 valence electrons. The molecule has 0 rings (SSSR count). The summed E-state index contributed by atoms with van der Waals surface area (Å²) < 4.78 is 0. The number of carbonyl (C=O) groups excluding carboxylic acids is 2. The maximum absolute atomic E-state index is 11.2. The summed E-state index contributed by atoms with van der Waals surface area (Å²) in [6, 6.07) is 0. The molecule has 4 nitrogen and oxygen atoms in total. The highest BCUT2D eigenvalue weighted by molar-refractivity contribution is 5.77. The van der Waals surface area contributed by atoms with Crippen LogP contribution in [0, 0.1) is 0 Å². The molecule has 0 radical (unpaired) electrons. The minimum Gasteiger partial charge on any atom is -0.355 e. The zero-order chi connectivity index (χ0) is 11.7. The molecule has 4 heteroatoms. The zero-order valence-electron chi connectivity index (χ0n) is 10.0. The van der Waals surface area contributed by atoms with Crippen LogP contribution in [0.25, 0.3) is 0 Å². The highest BCUT2D eigenvalue weighted by Crippen LogP contribution is 1.97. The lowest BCUT2D eigenvalue weighted by atomic mass is 10.2. The van der Waals surface area contributed by atoms with Crippen LogP contribution in [0.1, 0.15) is 33.1 Å². The van der Waals surface area contributed by atoms with Crippen LogP contribution in [-0.2, 0) is 9.59 Å². The van der Waals surface area contributed by atoms with Crippen LogP contribution >= 0.6 is 0 Å². The van der Waals surface area contributed by atoms with Gasteiger partial charge >= 0.3 is 0 Å². The number of rotatable bonds is 8. The Morgan fingerprint density at radius 1 is 1.27 bits per heavy atom. The minimum atomic E-state index is 0.0616. The van der Waals surface area contributed by atoms with Crippen molar-refractivity contribution in [3.8, 4) is 0 Å². The summed E-state index contributed by atoms with van der Waals surface area (Å²) in [5, 5.41) is 2.75. The van der Waals surface area contributed by atoms with E-state index in [-0.39, 0.29) is 11.7 Å². The van der Waals surface area contributed by atoms with Gasteiger partial charge in [0.05, 0.1) is 6.54 Å². The Labute approximate surface area is 92.0 Å². The number of hydrogen-bond acceptors (Lipinski definition) is 3. The standard InChI is InChI=1S/C11H22N2O2/c1-4-12-11(15)9-13(3)8-6-5-7-10(2)14/h4-9H2,1-3H3,(H,12,15). The third kappa shape index (κ3) is 9.41. The van der Waals surface area contributed by atoms with Crippen LogP contribution in [0.15, 0.2) is 0 Å². The fourth-order valence-electron chi connectivity index (χ4n) is 1.33. The van der Waals surface area contributed by atoms with Gasteiger partial charge in [-0.1, -0.05) is 0 Å². The van der Waals surface area contributed by atoms with Crippen molar-refractivity contribution in [3.05, 3.63) is 0 Å². The van der Waals surface area contributed by atoms with Gasteiger partial charge < -0.3 is 10.1 Å². The van der Waals surface area contributed by atoms with Crippen molar-refractivity contribution in [2.24, 2.45) is 0 Å². The van der Waals surface area contributed by atoms with Crippen molar-refractivity contribution in [3.63, 3.8) is 0 Å². The molecule has 0 aliphatic carbocycles. The number of likely N-dealkylation sites (N-methyl/N-ethyl adjacent to an activating group) is 2. The molecular weight excluding hydrogens is 192 g/mol. The summed E-state index contributed by atoms with van der Waals surface area (Å²) in [5.74, 6) is 0.299. The fraction of sp³-hybridized carbons (Fsp3) is 0.818. The largest absolute Gasteiger partial charge is 0.355 e. The second kappa shape index (κ2) is 8.41. The van der Waals surface area contributed by atoms with E-state index >= 15 is 0 Å². The first kappa shape index (κ1) is 14.1. The number of hydrogen-bond donors (Lipinski definition) is 1. The van der Waals surface area contributed by atoms with Crippen molar-refractivity contribution in [2.75, 3.05) is 26.7 Å². The van der Waals surface area contributed by atoms with Gasteiger partial charge in [0, 0.05) is 13.0 Å². The van der Waals surface area contributed by atoms with Crippen molar-refractivity contribution < 1.29 is 9.59 Å². The van der Waals surface area contributed by atoms with E-state index in [2.05, 4.69) is 5.32 Å². The van der Waals surface area contributed by atoms with E-state index in [4.69, 9.17) is 0 Å². The molecule has 0 aromatic rings. The molecule has 0 saturated carbocycles. The summed E-state index contributed by atoms with van der Waals surface area (Å²) >= 11 is 0. The molecule has 0 saturated heterocycles. The number of nitrogens with zero attached hydrogens (tertiary/aromatic N) is 1. The van der Waals surface area contributed by atoms with E-state index in [9.17, 15) is 9.59 Å². The lowest BCUT2D eigenvalue weighted by Gasteiger charge is -2.15. The fourth-order valence-corrected chi connectivity index (χ4v) is 1.33. The first-order valence-electron chi connectivity index (χ1n) is 5.51. The summed E-state index contributed by atoms with van der Waals surface area (Å²) in [5.41, 5.74) is 0. The van der Waals surface area contributed by atoms with Crippen molar-refractivity contribution in [2.45, 2.75) is 33.1 Å². The normalized spacial score (nSPS) is 10.4. The number of carbonyl (C=O) groups is 2. The lowest BCUT2D eigenvalue weighted by Crippen LogP contribution is -2.35. The lowest BCUT2D eigenvalue weighted by molar-refractivity contribution is -0.122. The maximum Gasteiger partial charge on any atom is 0.234 e. The molecule has 0 fully saturated rings. The molecular formula is C11H22N2O2. The summed E-state index contributed by atoms with van der Waals surface area (Å²) in [7, 11) is 1.92. The monoisotopic (exact) mass is 214 g/mol. The van der Waals surface area contributed by atoms with Gasteiger partial charge in [0.25, 0.3) is 0 Å². The Balaban J connectivity index is 3.44. The number of unbranched alkanes of at least 4 members (excludes halogenated alkanes) is 1. The third-order valence-corrected chi connectivity index (χ3v) is 2.11. The summed E-state index contributed by atoms with van der Waals surface area (Å²) in [6.45, 7) is 5.50. The van der Waals surface area contributed by atoms with Gasteiger partial charge in [0.2, 0.25) is 5.91 Å². The average Bonchev–Trinajstić information content (AvgIpc) is 2.12. The molecule has 0 bridgehead atoms. The molecule has 1 amide bonds. The minimum absolute atomic E-state index is 0.0616. The Morgan fingerprint density at radius 2 is 1.93 bits per heavy atom. The van der Waals surface area contributed by atoms with E-state index in [0.717, 1.165) is 19.4 Å². The van der Waals surface area contributed by atoms with Crippen molar-refractivity contribution >= 4 is 11.7 Å². The molecule has 0 aliphatic heterocycles. The first-order chi connectivity index (χ1) is 7.06. The molecule has 0 atom stereocenters. The highest BCUT2D eigenvalue weighted by Gasteiger charge is 2.04. The average molecular weight is 214 g/mol. The van der Waals surface area contributed by atoms with Gasteiger partial charge in [-0.05, 0) is 40.3 Å². The van der Waals surface area contributed by atoms with Gasteiger partial charge in [-0.3, -0.25) is 9.69 Å². The topological polar surface area (TPSA) is 49.4 Å². The highest BCUT2D eigenvalue weighted by atomic mass is 16.2. The van der Waals surface area contributed by atoms with Gasteiger partial charge in [0.1, 0.15) is 5.78 Å². The van der Waals surface area contributed by atoms with E-state index in [1.807, 2.05) is 18.9 Å². The second-order valence-corrected chi connectivity index (χ2v) is 3.85. The quantitative estimate of drug-likeness (QED) is 0.608. The van der Waals surface area contributed by atoms with Crippen molar-refractivity contribution in [1.29, 1.82) is 0 Å². The zero-order valence-corrected chi connectivity index (χ0v) is 10.0. The summed E-state index contributed by atoms with van der Waals surface area (Å²) in [6.07, 6.45) is 2.53. The van der Waals surface area contributed by atoms with Gasteiger partial charge in [0.15, 0.2) is 0 Å². The van der Waals surface area contributed by atoms with Crippen LogP contribution in [0.2, 0.25) is 0 Å². The molecule has 1 N–H and O–H groups in total. The molecule has 0 aromatic heterocycles. The Kier molecular flexibility index (Phi) is 7.91. The number of ketones is 1. The maximum atomic E-state index is 11.2. The smallest absolute Gasteiger partial charge is 0.234 e. The van der Waals surface area contributed by atoms with Gasteiger partial charge in [-0.25, -0.2) is 0 Å². The molecule has 15 heavy (non-hydrogen) atoms. The number of Topliss-reactive ketones (excluding diaryl/α,β-unsaturated/α-hetero) is 1. The van der Waals surface area contributed by atoms with Crippen LogP contribution in [0.4, 0.5) is 0 Å². The third-order valence-electron chi connectivity index (χ3n) is 2.11. The number of nitrogens with one attached hydrogen (secondary N) is 1. The molecule has 0 aromatic carbocycles. The Bertz CT molecular complexity index is 205. The van der Waals surface area contributed by atoms with Crippen LogP contribution in [-0.4, -0.2) is 43.3 Å².